The molecular weight excluding hydrogens is 374 g/mol. The summed E-state index contributed by atoms with van der Waals surface area (Å²) in [6, 6.07) is -0.413. The minimum atomic E-state index is -2.17. The van der Waals surface area contributed by atoms with Crippen LogP contribution in [0.4, 0.5) is 17.6 Å². The molecular formula is C17H19F4NO5. The molecule has 1 aromatic carbocycles. The van der Waals surface area contributed by atoms with Gasteiger partial charge in [0.05, 0.1) is 18.2 Å². The lowest BCUT2D eigenvalue weighted by atomic mass is 10.0. The molecule has 0 bridgehead atoms. The first-order chi connectivity index (χ1) is 12.7. The van der Waals surface area contributed by atoms with E-state index in [1.54, 1.807) is 6.92 Å². The number of hydrogen-bond acceptors (Lipinski definition) is 6. The third-order valence-corrected chi connectivity index (χ3v) is 3.45. The lowest BCUT2D eigenvalue weighted by Crippen LogP contribution is -2.37. The summed E-state index contributed by atoms with van der Waals surface area (Å²) in [6.07, 6.45) is 0.117. The van der Waals surface area contributed by atoms with Crippen molar-refractivity contribution in [2.45, 2.75) is 26.2 Å². The van der Waals surface area contributed by atoms with Crippen molar-refractivity contribution in [1.29, 1.82) is 0 Å². The number of methoxy groups -OCH3 is 2. The predicted octanol–water partition coefficient (Wildman–Crippen LogP) is 2.47. The molecule has 0 aliphatic heterocycles. The van der Waals surface area contributed by atoms with Gasteiger partial charge in [0.2, 0.25) is 5.78 Å². The maximum Gasteiger partial charge on any atom is 0.343 e. The zero-order valence-electron chi connectivity index (χ0n) is 15.1. The van der Waals surface area contributed by atoms with Gasteiger partial charge in [-0.05, 0) is 19.9 Å². The van der Waals surface area contributed by atoms with Crippen LogP contribution in [0, 0.1) is 23.3 Å². The van der Waals surface area contributed by atoms with E-state index in [0.29, 0.717) is 0 Å². The number of carbonyl (C=O) groups excluding carboxylic acids is 2. The van der Waals surface area contributed by atoms with E-state index in [-0.39, 0.29) is 12.7 Å². The zero-order valence-corrected chi connectivity index (χ0v) is 15.1. The smallest absolute Gasteiger partial charge is 0.343 e. The molecule has 0 spiro atoms. The maximum absolute atomic E-state index is 13.9. The molecule has 1 N–H and O–H groups in total. The van der Waals surface area contributed by atoms with E-state index >= 15 is 0 Å². The Labute approximate surface area is 153 Å². The highest BCUT2D eigenvalue weighted by molar-refractivity contribution is 6.24. The number of halogens is 4. The third-order valence-electron chi connectivity index (χ3n) is 3.45. The quantitative estimate of drug-likeness (QED) is 0.0800. The molecule has 1 aromatic rings. The average Bonchev–Trinajstić information content (AvgIpc) is 2.64. The predicted molar refractivity (Wildman–Crippen MR) is 85.7 cm³/mol. The molecule has 1 unspecified atom stereocenters. The number of ketones is 1. The summed E-state index contributed by atoms with van der Waals surface area (Å²) in [6.45, 7) is 2.92. The van der Waals surface area contributed by atoms with Crippen LogP contribution < -0.4 is 5.32 Å². The van der Waals surface area contributed by atoms with Gasteiger partial charge in [-0.15, -0.1) is 0 Å². The van der Waals surface area contributed by atoms with E-state index in [4.69, 9.17) is 14.2 Å². The van der Waals surface area contributed by atoms with Crippen molar-refractivity contribution in [2.75, 3.05) is 20.8 Å². The topological polar surface area (TPSA) is 73.9 Å². The first-order valence-electron chi connectivity index (χ1n) is 7.76. The van der Waals surface area contributed by atoms with E-state index in [2.05, 4.69) is 5.32 Å². The maximum atomic E-state index is 13.9. The van der Waals surface area contributed by atoms with Crippen LogP contribution in [0.15, 0.2) is 17.8 Å². The number of esters is 1. The van der Waals surface area contributed by atoms with Gasteiger partial charge in [0.15, 0.2) is 29.6 Å². The van der Waals surface area contributed by atoms with Gasteiger partial charge in [-0.1, -0.05) is 0 Å². The number of hydrogen-bond donors (Lipinski definition) is 1. The molecule has 0 amide bonds. The van der Waals surface area contributed by atoms with Gasteiger partial charge in [-0.2, -0.15) is 0 Å². The molecule has 0 aliphatic rings. The molecule has 0 heterocycles. The molecule has 0 radical (unpaired) electrons. The fourth-order valence-electron chi connectivity index (χ4n) is 2.11. The fourth-order valence-corrected chi connectivity index (χ4v) is 2.11. The van der Waals surface area contributed by atoms with Crippen LogP contribution in [-0.2, 0) is 19.0 Å². The Bertz CT molecular complexity index is 735. The zero-order chi connectivity index (χ0) is 20.7. The largest absolute Gasteiger partial charge is 0.462 e. The SMILES string of the molecule is CCOC(=O)C(=CNC(C)C(OC)OC)C(=O)c1cc(F)c(F)c(F)c1F. The fraction of sp³-hybridized carbons (Fsp3) is 0.412. The lowest BCUT2D eigenvalue weighted by molar-refractivity contribution is -0.138. The molecule has 10 heteroatoms. The van der Waals surface area contributed by atoms with Crippen LogP contribution in [0.25, 0.3) is 0 Å². The van der Waals surface area contributed by atoms with Crippen molar-refractivity contribution < 1.29 is 41.4 Å². The van der Waals surface area contributed by atoms with Gasteiger partial charge in [-0.25, -0.2) is 22.4 Å². The monoisotopic (exact) mass is 393 g/mol. The Hall–Kier alpha value is -2.46. The molecule has 1 atom stereocenters. The highest BCUT2D eigenvalue weighted by Crippen LogP contribution is 2.21. The van der Waals surface area contributed by atoms with Crippen LogP contribution in [0.2, 0.25) is 0 Å². The molecule has 0 fully saturated rings. The summed E-state index contributed by atoms with van der Waals surface area (Å²) in [5.41, 5.74) is -1.91. The molecule has 150 valence electrons. The molecule has 0 saturated heterocycles. The standard InChI is InChI=1S/C17H19F4NO5/c1-5-27-16(24)10(7-22-8(2)17(25-3)26-4)15(23)9-6-11(18)13(20)14(21)12(9)19/h6-8,17,22H,5H2,1-4H3. The highest BCUT2D eigenvalue weighted by atomic mass is 19.2. The molecule has 27 heavy (non-hydrogen) atoms. The third kappa shape index (κ3) is 5.27. The average molecular weight is 393 g/mol. The number of rotatable bonds is 9. The Morgan fingerprint density at radius 3 is 2.22 bits per heavy atom. The second-order valence-electron chi connectivity index (χ2n) is 5.25. The number of nitrogens with one attached hydrogen (secondary N) is 1. The summed E-state index contributed by atoms with van der Waals surface area (Å²) in [7, 11) is 2.71. The van der Waals surface area contributed by atoms with Crippen molar-refractivity contribution in [3.05, 3.63) is 46.7 Å². The normalized spacial score (nSPS) is 12.9. The van der Waals surface area contributed by atoms with E-state index in [9.17, 15) is 27.2 Å². The number of carbonyl (C=O) groups is 2. The molecule has 0 aromatic heterocycles. The van der Waals surface area contributed by atoms with E-state index in [0.717, 1.165) is 6.20 Å². The van der Waals surface area contributed by atoms with Gasteiger partial charge in [0.1, 0.15) is 5.57 Å². The van der Waals surface area contributed by atoms with Crippen molar-refractivity contribution in [3.63, 3.8) is 0 Å². The van der Waals surface area contributed by atoms with Crippen LogP contribution >= 0.6 is 0 Å². The number of Topliss-reactive ketones (excluding diaryl/α,β-unsaturated/α-hetero) is 1. The van der Waals surface area contributed by atoms with Gasteiger partial charge in [0.25, 0.3) is 0 Å². The lowest BCUT2D eigenvalue weighted by Gasteiger charge is -2.21. The van der Waals surface area contributed by atoms with Crippen LogP contribution in [0.1, 0.15) is 24.2 Å². The summed E-state index contributed by atoms with van der Waals surface area (Å²) < 4.78 is 68.5. The minimum absolute atomic E-state index is 0.119. The van der Waals surface area contributed by atoms with Crippen LogP contribution in [0.3, 0.4) is 0 Å². The Kier molecular flexibility index (Phi) is 8.38. The van der Waals surface area contributed by atoms with Gasteiger partial charge in [0, 0.05) is 20.4 Å². The van der Waals surface area contributed by atoms with Crippen LogP contribution in [-0.4, -0.2) is 44.9 Å². The second-order valence-corrected chi connectivity index (χ2v) is 5.25. The highest BCUT2D eigenvalue weighted by Gasteiger charge is 2.29. The molecule has 6 nitrogen and oxygen atoms in total. The number of benzene rings is 1. The van der Waals surface area contributed by atoms with Crippen molar-refractivity contribution in [3.8, 4) is 0 Å². The molecule has 1 rings (SSSR count). The van der Waals surface area contributed by atoms with Crippen molar-refractivity contribution >= 4 is 11.8 Å². The summed E-state index contributed by atoms with van der Waals surface area (Å²) >= 11 is 0. The van der Waals surface area contributed by atoms with Gasteiger partial charge >= 0.3 is 5.97 Å². The van der Waals surface area contributed by atoms with E-state index < -0.39 is 58.5 Å². The molecule has 0 saturated carbocycles. The Balaban J connectivity index is 3.31. The first kappa shape index (κ1) is 22.6. The van der Waals surface area contributed by atoms with Gasteiger partial charge < -0.3 is 19.5 Å². The summed E-state index contributed by atoms with van der Waals surface area (Å²) in [5, 5.41) is 2.62. The van der Waals surface area contributed by atoms with Crippen molar-refractivity contribution in [2.24, 2.45) is 0 Å². The van der Waals surface area contributed by atoms with E-state index in [1.165, 1.54) is 21.1 Å². The summed E-state index contributed by atoms with van der Waals surface area (Å²) in [4.78, 5) is 24.5. The second kappa shape index (κ2) is 10.0. The van der Waals surface area contributed by atoms with Crippen LogP contribution in [0.5, 0.6) is 0 Å². The first-order valence-corrected chi connectivity index (χ1v) is 7.76. The van der Waals surface area contributed by atoms with E-state index in [1.807, 2.05) is 0 Å². The minimum Gasteiger partial charge on any atom is -0.462 e. The summed E-state index contributed by atoms with van der Waals surface area (Å²) in [5.74, 6) is -10.5. The Morgan fingerprint density at radius 2 is 1.70 bits per heavy atom. The van der Waals surface area contributed by atoms with Gasteiger partial charge in [-0.3, -0.25) is 4.79 Å². The Morgan fingerprint density at radius 1 is 1.11 bits per heavy atom. The number of ether oxygens (including phenoxy) is 3. The van der Waals surface area contributed by atoms with Crippen molar-refractivity contribution in [1.82, 2.24) is 5.32 Å². The molecule has 0 aliphatic carbocycles.